The number of nitrogens with one attached hydrogen (secondary N) is 1. The third-order valence-electron chi connectivity index (χ3n) is 2.61. The molecule has 0 heterocycles. The largest absolute Gasteiger partial charge is 0.451 e. The highest BCUT2D eigenvalue weighted by atomic mass is 19.1. The van der Waals surface area contributed by atoms with Crippen LogP contribution in [0.2, 0.25) is 0 Å². The second-order valence-electron chi connectivity index (χ2n) is 4.51. The lowest BCUT2D eigenvalue weighted by molar-refractivity contribution is -0.145. The van der Waals surface area contributed by atoms with Crippen LogP contribution in [-0.2, 0) is 9.53 Å². The molecule has 1 aromatic rings. The van der Waals surface area contributed by atoms with Crippen molar-refractivity contribution >= 4 is 11.9 Å². The predicted molar refractivity (Wildman–Crippen MR) is 72.3 cm³/mol. The lowest BCUT2D eigenvalue weighted by atomic mass is 10.0. The number of benzene rings is 1. The van der Waals surface area contributed by atoms with Crippen LogP contribution in [0.4, 0.5) is 4.39 Å². The van der Waals surface area contributed by atoms with Gasteiger partial charge in [-0.15, -0.1) is 6.42 Å². The molecular weight excluding hydrogens is 261 g/mol. The number of rotatable bonds is 5. The van der Waals surface area contributed by atoms with Crippen LogP contribution < -0.4 is 5.32 Å². The van der Waals surface area contributed by atoms with Gasteiger partial charge in [0.25, 0.3) is 5.91 Å². The minimum absolute atomic E-state index is 0.144. The monoisotopic (exact) mass is 277 g/mol. The topological polar surface area (TPSA) is 55.4 Å². The summed E-state index contributed by atoms with van der Waals surface area (Å²) in [5.74, 6) is 0.529. The molecule has 0 fully saturated rings. The molecule has 106 valence electrons. The van der Waals surface area contributed by atoms with Crippen LogP contribution in [0.1, 0.15) is 24.2 Å². The first-order valence-electron chi connectivity index (χ1n) is 6.12. The van der Waals surface area contributed by atoms with Gasteiger partial charge in [0.15, 0.2) is 6.61 Å². The minimum atomic E-state index is -0.805. The molecule has 0 saturated carbocycles. The molecule has 0 aliphatic heterocycles. The molecule has 1 amide bonds. The van der Waals surface area contributed by atoms with E-state index in [1.165, 1.54) is 24.3 Å². The average Bonchev–Trinajstić information content (AvgIpc) is 2.42. The number of carbonyl (C=O) groups excluding carboxylic acids is 2. The molecular formula is C15H16FNO3. The Morgan fingerprint density at radius 3 is 2.45 bits per heavy atom. The lowest BCUT2D eigenvalue weighted by Crippen LogP contribution is -2.45. The molecule has 4 nitrogen and oxygen atoms in total. The second-order valence-corrected chi connectivity index (χ2v) is 4.51. The van der Waals surface area contributed by atoms with Crippen molar-refractivity contribution in [3.8, 4) is 12.3 Å². The molecule has 0 saturated heterocycles. The summed E-state index contributed by atoms with van der Waals surface area (Å²) in [7, 11) is 0. The molecule has 0 spiro atoms. The van der Waals surface area contributed by atoms with Crippen molar-refractivity contribution in [3.63, 3.8) is 0 Å². The van der Waals surface area contributed by atoms with E-state index in [0.717, 1.165) is 0 Å². The van der Waals surface area contributed by atoms with E-state index < -0.39 is 23.7 Å². The van der Waals surface area contributed by atoms with Gasteiger partial charge in [-0.3, -0.25) is 4.79 Å². The SMILES string of the molecule is C#CCOC(=O)C(NC(=O)c1ccc(F)cc1)C(C)C. The van der Waals surface area contributed by atoms with Gasteiger partial charge in [-0.25, -0.2) is 9.18 Å². The third-order valence-corrected chi connectivity index (χ3v) is 2.61. The van der Waals surface area contributed by atoms with Gasteiger partial charge >= 0.3 is 5.97 Å². The number of hydrogen-bond donors (Lipinski definition) is 1. The highest BCUT2D eigenvalue weighted by Crippen LogP contribution is 2.07. The van der Waals surface area contributed by atoms with E-state index >= 15 is 0 Å². The first kappa shape index (κ1) is 15.7. The zero-order valence-corrected chi connectivity index (χ0v) is 11.4. The van der Waals surface area contributed by atoms with Crippen LogP contribution in [0.3, 0.4) is 0 Å². The van der Waals surface area contributed by atoms with Gasteiger partial charge < -0.3 is 10.1 Å². The van der Waals surface area contributed by atoms with Crippen molar-refractivity contribution < 1.29 is 18.7 Å². The van der Waals surface area contributed by atoms with Crippen molar-refractivity contribution in [1.29, 1.82) is 0 Å². The predicted octanol–water partition coefficient (Wildman–Crippen LogP) is 1.76. The second kappa shape index (κ2) is 7.29. The molecule has 0 aliphatic carbocycles. The normalized spacial score (nSPS) is 11.6. The summed E-state index contributed by atoms with van der Waals surface area (Å²) in [5, 5.41) is 2.56. The molecule has 0 aliphatic rings. The number of ether oxygens (including phenoxy) is 1. The van der Waals surface area contributed by atoms with Crippen LogP contribution in [0.15, 0.2) is 24.3 Å². The van der Waals surface area contributed by atoms with Crippen molar-refractivity contribution in [2.75, 3.05) is 6.61 Å². The first-order chi connectivity index (χ1) is 9.45. The quantitative estimate of drug-likeness (QED) is 0.659. The summed E-state index contributed by atoms with van der Waals surface area (Å²) < 4.78 is 17.6. The van der Waals surface area contributed by atoms with Gasteiger partial charge in [-0.05, 0) is 30.2 Å². The number of halogens is 1. The maximum Gasteiger partial charge on any atom is 0.329 e. The Hall–Kier alpha value is -2.35. The smallest absolute Gasteiger partial charge is 0.329 e. The van der Waals surface area contributed by atoms with Gasteiger partial charge in [-0.1, -0.05) is 19.8 Å². The van der Waals surface area contributed by atoms with E-state index in [-0.39, 0.29) is 18.1 Å². The van der Waals surface area contributed by atoms with E-state index in [4.69, 9.17) is 11.2 Å². The highest BCUT2D eigenvalue weighted by Gasteiger charge is 2.25. The number of hydrogen-bond acceptors (Lipinski definition) is 3. The fourth-order valence-corrected chi connectivity index (χ4v) is 1.53. The number of amides is 1. The van der Waals surface area contributed by atoms with Crippen molar-refractivity contribution in [1.82, 2.24) is 5.32 Å². The Labute approximate surface area is 117 Å². The highest BCUT2D eigenvalue weighted by molar-refractivity contribution is 5.96. The Bertz CT molecular complexity index is 517. The average molecular weight is 277 g/mol. The van der Waals surface area contributed by atoms with Gasteiger partial charge in [0.1, 0.15) is 11.9 Å². The Morgan fingerprint density at radius 2 is 1.95 bits per heavy atom. The van der Waals surface area contributed by atoms with Crippen molar-refractivity contribution in [2.24, 2.45) is 5.92 Å². The Kier molecular flexibility index (Phi) is 5.73. The first-order valence-corrected chi connectivity index (χ1v) is 6.12. The summed E-state index contributed by atoms with van der Waals surface area (Å²) in [6.07, 6.45) is 5.01. The number of esters is 1. The standard InChI is InChI=1S/C15H16FNO3/c1-4-9-20-15(19)13(10(2)3)17-14(18)11-5-7-12(16)8-6-11/h1,5-8,10,13H,9H2,2-3H3,(H,17,18). The van der Waals surface area contributed by atoms with E-state index in [0.29, 0.717) is 0 Å². The van der Waals surface area contributed by atoms with Gasteiger partial charge in [0, 0.05) is 5.56 Å². The van der Waals surface area contributed by atoms with Crippen LogP contribution in [0.5, 0.6) is 0 Å². The molecule has 0 bridgehead atoms. The van der Waals surface area contributed by atoms with E-state index in [9.17, 15) is 14.0 Å². The van der Waals surface area contributed by atoms with Crippen LogP contribution in [-0.4, -0.2) is 24.5 Å². The van der Waals surface area contributed by atoms with Crippen LogP contribution in [0.25, 0.3) is 0 Å². The van der Waals surface area contributed by atoms with Gasteiger partial charge in [0.2, 0.25) is 0 Å². The van der Waals surface area contributed by atoms with Gasteiger partial charge in [0.05, 0.1) is 0 Å². The summed E-state index contributed by atoms with van der Waals surface area (Å²) in [6, 6.07) is 4.23. The molecule has 1 unspecified atom stereocenters. The van der Waals surface area contributed by atoms with Gasteiger partial charge in [-0.2, -0.15) is 0 Å². The zero-order valence-electron chi connectivity index (χ0n) is 11.4. The van der Waals surface area contributed by atoms with Crippen molar-refractivity contribution in [2.45, 2.75) is 19.9 Å². The summed E-state index contributed by atoms with van der Waals surface area (Å²) in [4.78, 5) is 23.7. The zero-order chi connectivity index (χ0) is 15.1. The number of terminal acetylenes is 1. The van der Waals surface area contributed by atoms with E-state index in [1.807, 2.05) is 0 Å². The molecule has 1 rings (SSSR count). The summed E-state index contributed by atoms with van der Waals surface area (Å²) >= 11 is 0. The fraction of sp³-hybridized carbons (Fsp3) is 0.333. The lowest BCUT2D eigenvalue weighted by Gasteiger charge is -2.20. The molecule has 1 aromatic carbocycles. The molecule has 1 N–H and O–H groups in total. The van der Waals surface area contributed by atoms with Crippen molar-refractivity contribution in [3.05, 3.63) is 35.6 Å². The maximum atomic E-state index is 12.8. The summed E-state index contributed by atoms with van der Waals surface area (Å²) in [5.41, 5.74) is 0.266. The number of carbonyl (C=O) groups is 2. The summed E-state index contributed by atoms with van der Waals surface area (Å²) in [6.45, 7) is 3.40. The molecule has 0 aromatic heterocycles. The Morgan fingerprint density at radius 1 is 1.35 bits per heavy atom. The fourth-order valence-electron chi connectivity index (χ4n) is 1.53. The van der Waals surface area contributed by atoms with Crippen LogP contribution in [0, 0.1) is 24.1 Å². The third kappa shape index (κ3) is 4.39. The molecule has 20 heavy (non-hydrogen) atoms. The minimum Gasteiger partial charge on any atom is -0.451 e. The molecule has 5 heteroatoms. The maximum absolute atomic E-state index is 12.8. The van der Waals surface area contributed by atoms with E-state index in [1.54, 1.807) is 13.8 Å². The van der Waals surface area contributed by atoms with E-state index in [2.05, 4.69) is 11.2 Å². The van der Waals surface area contributed by atoms with Crippen LogP contribution >= 0.6 is 0 Å². The molecule has 1 atom stereocenters. The Balaban J connectivity index is 2.75. The molecule has 0 radical (unpaired) electrons.